The summed E-state index contributed by atoms with van der Waals surface area (Å²) in [5.74, 6) is 1.61. The number of rotatable bonds is 3. The van der Waals surface area contributed by atoms with Gasteiger partial charge in [-0.3, -0.25) is 4.79 Å². The van der Waals surface area contributed by atoms with Crippen molar-refractivity contribution in [3.63, 3.8) is 0 Å². The fraction of sp³-hybridized carbons (Fsp3) is 0.800. The summed E-state index contributed by atoms with van der Waals surface area (Å²) < 4.78 is 2.13. The van der Waals surface area contributed by atoms with Crippen molar-refractivity contribution in [2.75, 3.05) is 19.6 Å². The van der Waals surface area contributed by atoms with Crippen LogP contribution in [0.2, 0.25) is 0 Å². The molecule has 6 nitrogen and oxygen atoms in total. The van der Waals surface area contributed by atoms with Crippen LogP contribution in [0.1, 0.15) is 57.3 Å². The first-order chi connectivity index (χ1) is 10.2. The zero-order valence-electron chi connectivity index (χ0n) is 13.0. The van der Waals surface area contributed by atoms with Crippen molar-refractivity contribution in [2.24, 2.45) is 0 Å². The number of hydrogen-bond acceptors (Lipinski definition) is 4. The summed E-state index contributed by atoms with van der Waals surface area (Å²) in [5, 5.41) is 11.7. The van der Waals surface area contributed by atoms with E-state index in [0.29, 0.717) is 12.0 Å². The van der Waals surface area contributed by atoms with Crippen molar-refractivity contribution < 1.29 is 4.79 Å². The molecule has 2 saturated heterocycles. The standard InChI is InChI=1S/C15H25N5O/c1-11(2)20-10-17-18-14(20)12-5-4-8-19(9-12)15(21)13-6-3-7-16-13/h10-13,16H,3-9H2,1-2H3. The largest absolute Gasteiger partial charge is 0.341 e. The molecule has 0 spiro atoms. The minimum Gasteiger partial charge on any atom is -0.341 e. The van der Waals surface area contributed by atoms with Crippen LogP contribution in [0.25, 0.3) is 0 Å². The van der Waals surface area contributed by atoms with Crippen LogP contribution in [0.15, 0.2) is 6.33 Å². The molecule has 0 aromatic carbocycles. The molecular weight excluding hydrogens is 266 g/mol. The summed E-state index contributed by atoms with van der Waals surface area (Å²) in [5.41, 5.74) is 0. The molecule has 0 aliphatic carbocycles. The maximum atomic E-state index is 12.6. The van der Waals surface area contributed by atoms with Crippen LogP contribution < -0.4 is 5.32 Å². The highest BCUT2D eigenvalue weighted by Crippen LogP contribution is 2.27. The van der Waals surface area contributed by atoms with E-state index in [9.17, 15) is 4.79 Å². The van der Waals surface area contributed by atoms with E-state index in [0.717, 1.165) is 51.1 Å². The quantitative estimate of drug-likeness (QED) is 0.912. The molecule has 2 fully saturated rings. The first-order valence-electron chi connectivity index (χ1n) is 8.08. The fourth-order valence-corrected chi connectivity index (χ4v) is 3.45. The van der Waals surface area contributed by atoms with Crippen LogP contribution in [0.5, 0.6) is 0 Å². The van der Waals surface area contributed by atoms with Crippen molar-refractivity contribution in [3.05, 3.63) is 12.2 Å². The van der Waals surface area contributed by atoms with Crippen LogP contribution in [0.4, 0.5) is 0 Å². The van der Waals surface area contributed by atoms with Crippen LogP contribution in [0.3, 0.4) is 0 Å². The maximum Gasteiger partial charge on any atom is 0.239 e. The second-order valence-electron chi connectivity index (χ2n) is 6.46. The van der Waals surface area contributed by atoms with Gasteiger partial charge in [-0.25, -0.2) is 0 Å². The normalized spacial score (nSPS) is 26.5. The average molecular weight is 291 g/mol. The molecule has 2 aliphatic rings. The number of likely N-dealkylation sites (tertiary alicyclic amines) is 1. The number of nitrogens with zero attached hydrogens (tertiary/aromatic N) is 4. The van der Waals surface area contributed by atoms with Gasteiger partial charge in [0.15, 0.2) is 0 Å². The van der Waals surface area contributed by atoms with E-state index in [-0.39, 0.29) is 11.9 Å². The molecule has 2 atom stereocenters. The van der Waals surface area contributed by atoms with Crippen molar-refractivity contribution in [3.8, 4) is 0 Å². The van der Waals surface area contributed by atoms with Gasteiger partial charge in [-0.15, -0.1) is 10.2 Å². The highest BCUT2D eigenvalue weighted by molar-refractivity contribution is 5.82. The van der Waals surface area contributed by atoms with Crippen molar-refractivity contribution in [1.82, 2.24) is 25.0 Å². The lowest BCUT2D eigenvalue weighted by atomic mass is 9.96. The maximum absolute atomic E-state index is 12.6. The first-order valence-corrected chi connectivity index (χ1v) is 8.08. The summed E-state index contributed by atoms with van der Waals surface area (Å²) in [6.45, 7) is 6.91. The fourth-order valence-electron chi connectivity index (χ4n) is 3.45. The molecule has 1 N–H and O–H groups in total. The Hall–Kier alpha value is -1.43. The van der Waals surface area contributed by atoms with E-state index < -0.39 is 0 Å². The average Bonchev–Trinajstić information content (AvgIpc) is 3.17. The topological polar surface area (TPSA) is 63.1 Å². The monoisotopic (exact) mass is 291 g/mol. The molecule has 1 aromatic heterocycles. The molecular formula is C15H25N5O. The SMILES string of the molecule is CC(C)n1cnnc1C1CCCN(C(=O)C2CCCN2)C1. The predicted octanol–water partition coefficient (Wildman–Crippen LogP) is 1.32. The van der Waals surface area contributed by atoms with Crippen molar-refractivity contribution in [1.29, 1.82) is 0 Å². The molecule has 0 bridgehead atoms. The molecule has 2 aliphatic heterocycles. The zero-order valence-corrected chi connectivity index (χ0v) is 13.0. The van der Waals surface area contributed by atoms with Crippen LogP contribution in [-0.2, 0) is 4.79 Å². The van der Waals surface area contributed by atoms with Gasteiger partial charge in [0.05, 0.1) is 6.04 Å². The Labute approximate surface area is 125 Å². The van der Waals surface area contributed by atoms with Crippen molar-refractivity contribution >= 4 is 5.91 Å². The third-order valence-electron chi connectivity index (χ3n) is 4.61. The van der Waals surface area contributed by atoms with Gasteiger partial charge < -0.3 is 14.8 Å². The summed E-state index contributed by atoms with van der Waals surface area (Å²) in [7, 11) is 0. The molecule has 1 amide bonds. The third-order valence-corrected chi connectivity index (χ3v) is 4.61. The highest BCUT2D eigenvalue weighted by Gasteiger charge is 2.32. The number of amides is 1. The Kier molecular flexibility index (Phi) is 4.24. The van der Waals surface area contributed by atoms with E-state index in [4.69, 9.17) is 0 Å². The van der Waals surface area contributed by atoms with Gasteiger partial charge in [0.2, 0.25) is 5.91 Å². The van der Waals surface area contributed by atoms with Crippen LogP contribution in [-0.4, -0.2) is 51.2 Å². The van der Waals surface area contributed by atoms with Gasteiger partial charge in [0, 0.05) is 25.0 Å². The lowest BCUT2D eigenvalue weighted by Gasteiger charge is -2.34. The van der Waals surface area contributed by atoms with Crippen LogP contribution in [0, 0.1) is 0 Å². The Morgan fingerprint density at radius 2 is 2.24 bits per heavy atom. The second-order valence-corrected chi connectivity index (χ2v) is 6.46. The Morgan fingerprint density at radius 1 is 1.38 bits per heavy atom. The van der Waals surface area contributed by atoms with Gasteiger partial charge in [-0.05, 0) is 46.1 Å². The molecule has 0 radical (unpaired) electrons. The molecule has 116 valence electrons. The number of carbonyl (C=O) groups is 1. The number of aromatic nitrogens is 3. The minimum absolute atomic E-state index is 0.0340. The molecule has 3 heterocycles. The number of carbonyl (C=O) groups excluding carboxylic acids is 1. The summed E-state index contributed by atoms with van der Waals surface area (Å²) in [6, 6.07) is 0.393. The van der Waals surface area contributed by atoms with Gasteiger partial charge >= 0.3 is 0 Å². The van der Waals surface area contributed by atoms with E-state index in [1.807, 2.05) is 4.90 Å². The molecule has 3 rings (SSSR count). The molecule has 6 heteroatoms. The molecule has 2 unspecified atom stereocenters. The third kappa shape index (κ3) is 2.95. The Morgan fingerprint density at radius 3 is 2.95 bits per heavy atom. The highest BCUT2D eigenvalue weighted by atomic mass is 16.2. The predicted molar refractivity (Wildman–Crippen MR) is 80.0 cm³/mol. The number of piperidine rings is 1. The van der Waals surface area contributed by atoms with Gasteiger partial charge in [0.1, 0.15) is 12.2 Å². The summed E-state index contributed by atoms with van der Waals surface area (Å²) >= 11 is 0. The lowest BCUT2D eigenvalue weighted by molar-refractivity contribution is -0.134. The van der Waals surface area contributed by atoms with E-state index in [1.165, 1.54) is 0 Å². The Balaban J connectivity index is 1.70. The van der Waals surface area contributed by atoms with Crippen molar-refractivity contribution in [2.45, 2.75) is 57.5 Å². The van der Waals surface area contributed by atoms with Gasteiger partial charge in [-0.1, -0.05) is 0 Å². The zero-order chi connectivity index (χ0) is 14.8. The van der Waals surface area contributed by atoms with Gasteiger partial charge in [-0.2, -0.15) is 0 Å². The molecule has 21 heavy (non-hydrogen) atoms. The van der Waals surface area contributed by atoms with E-state index in [1.54, 1.807) is 6.33 Å². The molecule has 0 saturated carbocycles. The second kappa shape index (κ2) is 6.13. The summed E-state index contributed by atoms with van der Waals surface area (Å²) in [4.78, 5) is 14.6. The summed E-state index contributed by atoms with van der Waals surface area (Å²) in [6.07, 6.45) is 6.03. The minimum atomic E-state index is 0.0340. The number of hydrogen-bond donors (Lipinski definition) is 1. The van der Waals surface area contributed by atoms with Crippen LogP contribution >= 0.6 is 0 Å². The van der Waals surface area contributed by atoms with Gasteiger partial charge in [0.25, 0.3) is 0 Å². The first kappa shape index (κ1) is 14.5. The van der Waals surface area contributed by atoms with E-state index >= 15 is 0 Å². The smallest absolute Gasteiger partial charge is 0.239 e. The van der Waals surface area contributed by atoms with E-state index in [2.05, 4.69) is 33.9 Å². The number of nitrogens with one attached hydrogen (secondary N) is 1. The Bertz CT molecular complexity index is 492. The lowest BCUT2D eigenvalue weighted by Crippen LogP contribution is -2.47. The molecule has 1 aromatic rings.